The molecule has 0 bridgehead atoms. The van der Waals surface area contributed by atoms with Gasteiger partial charge >= 0.3 is 5.97 Å². The molecule has 3 aromatic rings. The first-order valence-corrected chi connectivity index (χ1v) is 10.1. The van der Waals surface area contributed by atoms with Crippen molar-refractivity contribution in [3.8, 4) is 11.6 Å². The fourth-order valence-corrected chi connectivity index (χ4v) is 4.44. The van der Waals surface area contributed by atoms with Gasteiger partial charge in [-0.2, -0.15) is 10.1 Å². The normalized spacial score (nSPS) is 21.8. The molecule has 2 fully saturated rings. The minimum Gasteiger partial charge on any atom is -0.481 e. The second-order valence-electron chi connectivity index (χ2n) is 7.99. The Morgan fingerprint density at radius 1 is 1.29 bits per heavy atom. The Kier molecular flexibility index (Phi) is 4.58. The van der Waals surface area contributed by atoms with Gasteiger partial charge in [-0.25, -0.2) is 13.2 Å². The number of rotatable bonds is 6. The molecule has 2 aliphatic rings. The summed E-state index contributed by atoms with van der Waals surface area (Å²) in [5, 5.41) is 17.5. The first-order chi connectivity index (χ1) is 14.8. The van der Waals surface area contributed by atoms with Gasteiger partial charge in [0.15, 0.2) is 11.5 Å². The Morgan fingerprint density at radius 2 is 2.03 bits per heavy atom. The van der Waals surface area contributed by atoms with Crippen molar-refractivity contribution in [2.45, 2.75) is 43.6 Å². The summed E-state index contributed by atoms with van der Waals surface area (Å²) in [6, 6.07) is 4.87. The van der Waals surface area contributed by atoms with E-state index >= 15 is 0 Å². The molecule has 162 valence electrons. The van der Waals surface area contributed by atoms with Crippen molar-refractivity contribution in [3.63, 3.8) is 0 Å². The van der Waals surface area contributed by atoms with Crippen molar-refractivity contribution >= 4 is 17.6 Å². The number of carboxylic acid groups (broad SMARTS) is 1. The number of hydrogen-bond donors (Lipinski definition) is 1. The molecule has 5 rings (SSSR count). The predicted molar refractivity (Wildman–Crippen MR) is 101 cm³/mol. The van der Waals surface area contributed by atoms with E-state index in [-0.39, 0.29) is 35.1 Å². The predicted octanol–water partition coefficient (Wildman–Crippen LogP) is 4.78. The first kappa shape index (κ1) is 20.0. The molecule has 2 heterocycles. The highest BCUT2D eigenvalue weighted by atomic mass is 35.5. The summed E-state index contributed by atoms with van der Waals surface area (Å²) in [5.41, 5.74) is -0.167. The molecular weight excluding hydrogens is 437 g/mol. The highest BCUT2D eigenvalue weighted by Crippen LogP contribution is 2.54. The van der Waals surface area contributed by atoms with Crippen LogP contribution in [0.4, 0.5) is 13.2 Å². The van der Waals surface area contributed by atoms with Crippen LogP contribution in [0.2, 0.25) is 5.02 Å². The second kappa shape index (κ2) is 7.08. The standard InChI is InChI=1S/C20H16ClF3N4O3/c21-13-7-10(22)1-2-12(13)20(3-4-20)19-25-17(31-27-19)14-8-15(16(23)24)28(26-14)11-5-9(6-11)18(29)30/h1-2,7-9,11,16H,3-6H2,(H,29,30). The van der Waals surface area contributed by atoms with Crippen LogP contribution >= 0.6 is 11.6 Å². The van der Waals surface area contributed by atoms with E-state index in [4.69, 9.17) is 21.2 Å². The Hall–Kier alpha value is -2.88. The zero-order valence-electron chi connectivity index (χ0n) is 15.9. The molecule has 2 aromatic heterocycles. The molecule has 0 saturated heterocycles. The van der Waals surface area contributed by atoms with Crippen molar-refractivity contribution in [2.24, 2.45) is 5.92 Å². The molecule has 0 atom stereocenters. The van der Waals surface area contributed by atoms with E-state index in [1.807, 2.05) is 0 Å². The molecule has 2 saturated carbocycles. The van der Waals surface area contributed by atoms with E-state index in [9.17, 15) is 18.0 Å². The zero-order chi connectivity index (χ0) is 21.9. The van der Waals surface area contributed by atoms with Crippen molar-refractivity contribution in [3.05, 3.63) is 52.2 Å². The van der Waals surface area contributed by atoms with Crippen LogP contribution in [0, 0.1) is 11.7 Å². The number of alkyl halides is 2. The largest absolute Gasteiger partial charge is 0.481 e. The van der Waals surface area contributed by atoms with Gasteiger partial charge in [-0.05, 0) is 49.4 Å². The summed E-state index contributed by atoms with van der Waals surface area (Å²) >= 11 is 6.21. The van der Waals surface area contributed by atoms with Crippen LogP contribution < -0.4 is 0 Å². The second-order valence-corrected chi connectivity index (χ2v) is 8.40. The van der Waals surface area contributed by atoms with Gasteiger partial charge in [-0.15, -0.1) is 0 Å². The number of aromatic nitrogens is 4. The molecule has 1 N–H and O–H groups in total. The third-order valence-corrected chi connectivity index (χ3v) is 6.38. The Morgan fingerprint density at radius 3 is 2.65 bits per heavy atom. The number of carboxylic acids is 1. The number of nitrogens with zero attached hydrogens (tertiary/aromatic N) is 4. The van der Waals surface area contributed by atoms with Gasteiger partial charge in [-0.1, -0.05) is 22.8 Å². The van der Waals surface area contributed by atoms with Gasteiger partial charge in [0.05, 0.1) is 17.4 Å². The van der Waals surface area contributed by atoms with E-state index in [2.05, 4.69) is 15.2 Å². The summed E-state index contributed by atoms with van der Waals surface area (Å²) in [4.78, 5) is 15.4. The van der Waals surface area contributed by atoms with Crippen LogP contribution in [0.15, 0.2) is 28.8 Å². The van der Waals surface area contributed by atoms with Crippen LogP contribution in [-0.2, 0) is 10.2 Å². The van der Waals surface area contributed by atoms with Gasteiger partial charge in [-0.3, -0.25) is 9.48 Å². The highest BCUT2D eigenvalue weighted by molar-refractivity contribution is 6.31. The number of hydrogen-bond acceptors (Lipinski definition) is 5. The number of halogens is 4. The molecule has 0 radical (unpaired) electrons. The summed E-state index contributed by atoms with van der Waals surface area (Å²) < 4.78 is 47.0. The summed E-state index contributed by atoms with van der Waals surface area (Å²) in [6.07, 6.45) is -0.950. The fraction of sp³-hybridized carbons (Fsp3) is 0.400. The molecule has 1 aromatic carbocycles. The molecular formula is C20H16ClF3N4O3. The lowest BCUT2D eigenvalue weighted by molar-refractivity contribution is -0.146. The molecule has 0 aliphatic heterocycles. The van der Waals surface area contributed by atoms with E-state index in [0.717, 1.165) is 4.68 Å². The monoisotopic (exact) mass is 452 g/mol. The molecule has 7 nitrogen and oxygen atoms in total. The lowest BCUT2D eigenvalue weighted by Gasteiger charge is -2.33. The Labute approximate surface area is 178 Å². The summed E-state index contributed by atoms with van der Waals surface area (Å²) in [7, 11) is 0. The van der Waals surface area contributed by atoms with E-state index < -0.39 is 35.6 Å². The molecule has 31 heavy (non-hydrogen) atoms. The van der Waals surface area contributed by atoms with Crippen molar-refractivity contribution in [1.29, 1.82) is 0 Å². The first-order valence-electron chi connectivity index (χ1n) is 9.69. The highest BCUT2D eigenvalue weighted by Gasteiger charge is 2.51. The maximum atomic E-state index is 13.5. The minimum atomic E-state index is -2.79. The maximum absolute atomic E-state index is 13.5. The Bertz CT molecular complexity index is 1170. The molecule has 0 spiro atoms. The van der Waals surface area contributed by atoms with Crippen molar-refractivity contribution in [2.75, 3.05) is 0 Å². The van der Waals surface area contributed by atoms with E-state index in [1.54, 1.807) is 6.07 Å². The van der Waals surface area contributed by atoms with E-state index in [1.165, 1.54) is 18.2 Å². The average Bonchev–Trinajstić information content (AvgIpc) is 3.11. The summed E-state index contributed by atoms with van der Waals surface area (Å²) in [6.45, 7) is 0. The summed E-state index contributed by atoms with van der Waals surface area (Å²) in [5.74, 6) is -1.65. The van der Waals surface area contributed by atoms with Crippen LogP contribution in [0.25, 0.3) is 11.6 Å². The molecule has 2 aliphatic carbocycles. The maximum Gasteiger partial charge on any atom is 0.306 e. The van der Waals surface area contributed by atoms with Crippen LogP contribution in [0.5, 0.6) is 0 Å². The van der Waals surface area contributed by atoms with Crippen LogP contribution in [0.1, 0.15) is 55.2 Å². The zero-order valence-corrected chi connectivity index (χ0v) is 16.7. The number of benzene rings is 1. The van der Waals surface area contributed by atoms with Gasteiger partial charge in [0.1, 0.15) is 11.5 Å². The third kappa shape index (κ3) is 3.29. The van der Waals surface area contributed by atoms with Crippen LogP contribution in [0.3, 0.4) is 0 Å². The van der Waals surface area contributed by atoms with Crippen molar-refractivity contribution < 1.29 is 27.6 Å². The smallest absolute Gasteiger partial charge is 0.306 e. The minimum absolute atomic E-state index is 0.0192. The number of aliphatic carboxylic acids is 1. The number of carbonyl (C=O) groups is 1. The quantitative estimate of drug-likeness (QED) is 0.578. The van der Waals surface area contributed by atoms with E-state index in [0.29, 0.717) is 24.2 Å². The fourth-order valence-electron chi connectivity index (χ4n) is 4.10. The van der Waals surface area contributed by atoms with Crippen molar-refractivity contribution in [1.82, 2.24) is 19.9 Å². The van der Waals surface area contributed by atoms with Crippen LogP contribution in [-0.4, -0.2) is 31.0 Å². The SMILES string of the molecule is O=C(O)C1CC(n2nc(-c3nc(C4(c5ccc(F)cc5Cl)CC4)no3)cc2C(F)F)C1. The lowest BCUT2D eigenvalue weighted by atomic mass is 9.80. The lowest BCUT2D eigenvalue weighted by Crippen LogP contribution is -2.33. The molecule has 0 amide bonds. The topological polar surface area (TPSA) is 94.0 Å². The average molecular weight is 453 g/mol. The Balaban J connectivity index is 1.45. The van der Waals surface area contributed by atoms with Gasteiger partial charge in [0.25, 0.3) is 12.3 Å². The molecule has 0 unspecified atom stereocenters. The van der Waals surface area contributed by atoms with Gasteiger partial charge in [0.2, 0.25) is 0 Å². The molecule has 11 heteroatoms. The third-order valence-electron chi connectivity index (χ3n) is 6.07. The van der Waals surface area contributed by atoms with Gasteiger partial charge < -0.3 is 9.63 Å². The van der Waals surface area contributed by atoms with Gasteiger partial charge in [0, 0.05) is 5.02 Å².